The van der Waals surface area contributed by atoms with Crippen LogP contribution in [-0.2, 0) is 6.42 Å². The number of hydrogen-bond acceptors (Lipinski definition) is 2. The Balaban J connectivity index is 1.84. The average molecular weight is 348 g/mol. The third-order valence-corrected chi connectivity index (χ3v) is 6.32. The number of carbonyl (C=O) groups excluding carboxylic acids is 1. The lowest BCUT2D eigenvalue weighted by Crippen LogP contribution is -2.55. The van der Waals surface area contributed by atoms with Gasteiger partial charge >= 0.3 is 0 Å². The minimum absolute atomic E-state index is 0.000432. The van der Waals surface area contributed by atoms with E-state index < -0.39 is 0 Å². The molecule has 0 aromatic heterocycles. The summed E-state index contributed by atoms with van der Waals surface area (Å²) in [5.41, 5.74) is 3.25. The maximum atomic E-state index is 13.8. The minimum Gasteiger partial charge on any atom is -0.304 e. The van der Waals surface area contributed by atoms with Crippen LogP contribution >= 0.6 is 0 Å². The first-order valence-electron chi connectivity index (χ1n) is 9.97. The van der Waals surface area contributed by atoms with Gasteiger partial charge in [-0.3, -0.25) is 4.79 Å². The molecule has 2 aliphatic rings. The summed E-state index contributed by atoms with van der Waals surface area (Å²) in [7, 11) is 0. The maximum absolute atomic E-state index is 13.8. The summed E-state index contributed by atoms with van der Waals surface area (Å²) in [6.45, 7) is 4.53. The first kappa shape index (κ1) is 17.5. The van der Waals surface area contributed by atoms with Crippen molar-refractivity contribution < 1.29 is 4.79 Å². The van der Waals surface area contributed by atoms with Gasteiger partial charge in [0.05, 0.1) is 5.41 Å². The lowest BCUT2D eigenvalue weighted by Gasteiger charge is -2.49. The quantitative estimate of drug-likeness (QED) is 0.744. The molecule has 0 radical (unpaired) electrons. The molecule has 0 amide bonds. The summed E-state index contributed by atoms with van der Waals surface area (Å²) < 4.78 is 0. The van der Waals surface area contributed by atoms with Crippen molar-refractivity contribution in [2.24, 2.45) is 5.41 Å². The van der Waals surface area contributed by atoms with E-state index in [1.54, 1.807) is 0 Å². The largest absolute Gasteiger partial charge is 0.304 e. The highest BCUT2D eigenvalue weighted by atomic mass is 16.1. The van der Waals surface area contributed by atoms with Crippen LogP contribution in [0.5, 0.6) is 0 Å². The first-order chi connectivity index (χ1) is 12.5. The summed E-state index contributed by atoms with van der Waals surface area (Å²) in [6.07, 6.45) is 6.47. The van der Waals surface area contributed by atoms with Crippen molar-refractivity contribution in [1.82, 2.24) is 5.32 Å². The number of benzene rings is 2. The molecule has 1 aliphatic heterocycles. The van der Waals surface area contributed by atoms with E-state index in [1.165, 1.54) is 17.5 Å². The second-order valence-electron chi connectivity index (χ2n) is 8.75. The topological polar surface area (TPSA) is 29.1 Å². The van der Waals surface area contributed by atoms with Gasteiger partial charge in [0.1, 0.15) is 0 Å². The van der Waals surface area contributed by atoms with Crippen LogP contribution in [0.25, 0.3) is 0 Å². The molecule has 2 heteroatoms. The van der Waals surface area contributed by atoms with E-state index in [9.17, 15) is 4.79 Å². The van der Waals surface area contributed by atoms with Gasteiger partial charge in [0.2, 0.25) is 0 Å². The molecule has 1 heterocycles. The van der Waals surface area contributed by atoms with Gasteiger partial charge in [0.15, 0.2) is 5.78 Å². The van der Waals surface area contributed by atoms with Crippen LogP contribution in [0.4, 0.5) is 0 Å². The molecule has 136 valence electrons. The zero-order chi connectivity index (χ0) is 18.2. The molecule has 0 spiro atoms. The second-order valence-corrected chi connectivity index (χ2v) is 8.75. The van der Waals surface area contributed by atoms with Crippen molar-refractivity contribution in [3.8, 4) is 0 Å². The smallest absolute Gasteiger partial charge is 0.170 e. The zero-order valence-corrected chi connectivity index (χ0v) is 15.9. The molecule has 2 aromatic carbocycles. The Bertz CT molecular complexity index is 787. The van der Waals surface area contributed by atoms with E-state index in [2.05, 4.69) is 43.4 Å². The van der Waals surface area contributed by atoms with Gasteiger partial charge in [-0.15, -0.1) is 0 Å². The van der Waals surface area contributed by atoms with E-state index in [4.69, 9.17) is 0 Å². The van der Waals surface area contributed by atoms with E-state index in [1.807, 2.05) is 30.3 Å². The van der Waals surface area contributed by atoms with Gasteiger partial charge in [-0.2, -0.15) is 0 Å². The van der Waals surface area contributed by atoms with Crippen molar-refractivity contribution in [1.29, 1.82) is 0 Å². The van der Waals surface area contributed by atoms with Crippen molar-refractivity contribution in [3.63, 3.8) is 0 Å². The molecule has 0 bridgehead atoms. The van der Waals surface area contributed by atoms with Gasteiger partial charge in [-0.1, -0.05) is 73.9 Å². The summed E-state index contributed by atoms with van der Waals surface area (Å²) >= 11 is 0. The summed E-state index contributed by atoms with van der Waals surface area (Å²) in [5, 5.41) is 3.89. The Labute approximate surface area is 157 Å². The van der Waals surface area contributed by atoms with Gasteiger partial charge in [-0.25, -0.2) is 0 Å². The molecule has 1 N–H and O–H groups in total. The molecule has 2 aromatic rings. The Kier molecular flexibility index (Phi) is 4.48. The predicted molar refractivity (Wildman–Crippen MR) is 106 cm³/mol. The number of rotatable bonds is 3. The number of hydrogen-bond donors (Lipinski definition) is 1. The van der Waals surface area contributed by atoms with Crippen LogP contribution in [-0.4, -0.2) is 11.3 Å². The standard InChI is InChI=1S/C24H29NO/c1-23(2)17-19-13-7-8-14-20(19)21(25-23)24(15-9-4-10-16-24)22(26)18-11-5-3-6-12-18/h3,5-8,11-14,21,25H,4,9-10,15-17H2,1-2H3. The monoisotopic (exact) mass is 347 g/mol. The van der Waals surface area contributed by atoms with Crippen molar-refractivity contribution in [3.05, 3.63) is 71.3 Å². The Morgan fingerprint density at radius 1 is 0.923 bits per heavy atom. The summed E-state index contributed by atoms with van der Waals surface area (Å²) in [6, 6.07) is 18.7. The highest BCUT2D eigenvalue weighted by molar-refractivity contribution is 6.01. The zero-order valence-electron chi connectivity index (χ0n) is 15.9. The van der Waals surface area contributed by atoms with Crippen LogP contribution in [0.2, 0.25) is 0 Å². The van der Waals surface area contributed by atoms with Crippen molar-refractivity contribution >= 4 is 5.78 Å². The Morgan fingerprint density at radius 2 is 1.58 bits per heavy atom. The number of ketones is 1. The van der Waals surface area contributed by atoms with Crippen LogP contribution in [0.1, 0.15) is 73.5 Å². The van der Waals surface area contributed by atoms with E-state index in [0.717, 1.165) is 37.7 Å². The summed E-state index contributed by atoms with van der Waals surface area (Å²) in [5.74, 6) is 0.322. The molecule has 1 unspecified atom stereocenters. The first-order valence-corrected chi connectivity index (χ1v) is 9.97. The third kappa shape index (κ3) is 3.01. The lowest BCUT2D eigenvalue weighted by atomic mass is 9.61. The van der Waals surface area contributed by atoms with Gasteiger partial charge in [-0.05, 0) is 44.2 Å². The molecule has 26 heavy (non-hydrogen) atoms. The SMILES string of the molecule is CC1(C)Cc2ccccc2C(C2(C(=O)c3ccccc3)CCCCC2)N1. The minimum atomic E-state index is -0.340. The lowest BCUT2D eigenvalue weighted by molar-refractivity contribution is 0.0530. The highest BCUT2D eigenvalue weighted by Crippen LogP contribution is 2.51. The number of nitrogens with one attached hydrogen (secondary N) is 1. The van der Waals surface area contributed by atoms with Crippen molar-refractivity contribution in [2.45, 2.75) is 64.0 Å². The molecule has 2 nitrogen and oxygen atoms in total. The number of carbonyl (C=O) groups is 1. The number of fused-ring (bicyclic) bond motifs is 1. The maximum Gasteiger partial charge on any atom is 0.170 e. The van der Waals surface area contributed by atoms with Crippen LogP contribution < -0.4 is 5.32 Å². The third-order valence-electron chi connectivity index (χ3n) is 6.32. The average Bonchev–Trinajstić information content (AvgIpc) is 2.67. The fraction of sp³-hybridized carbons (Fsp3) is 0.458. The van der Waals surface area contributed by atoms with Gasteiger partial charge < -0.3 is 5.32 Å². The fourth-order valence-electron chi connectivity index (χ4n) is 5.11. The van der Waals surface area contributed by atoms with Crippen LogP contribution in [0, 0.1) is 5.41 Å². The van der Waals surface area contributed by atoms with E-state index in [0.29, 0.717) is 5.78 Å². The van der Waals surface area contributed by atoms with Crippen molar-refractivity contribution in [2.75, 3.05) is 0 Å². The number of Topliss-reactive ketones (excluding diaryl/α,β-unsaturated/α-hetero) is 1. The molecule has 4 rings (SSSR count). The van der Waals surface area contributed by atoms with Gasteiger partial charge in [0, 0.05) is 17.1 Å². The molecular formula is C24H29NO. The highest BCUT2D eigenvalue weighted by Gasteiger charge is 2.50. The van der Waals surface area contributed by atoms with Gasteiger partial charge in [0.25, 0.3) is 0 Å². The van der Waals surface area contributed by atoms with Crippen LogP contribution in [0.15, 0.2) is 54.6 Å². The predicted octanol–water partition coefficient (Wildman–Crippen LogP) is 5.49. The summed E-state index contributed by atoms with van der Waals surface area (Å²) in [4.78, 5) is 13.8. The molecular weight excluding hydrogens is 318 g/mol. The Hall–Kier alpha value is -1.93. The molecule has 1 aliphatic carbocycles. The molecule has 1 fully saturated rings. The molecule has 0 saturated heterocycles. The molecule has 1 atom stereocenters. The fourth-order valence-corrected chi connectivity index (χ4v) is 5.11. The van der Waals surface area contributed by atoms with Crippen LogP contribution in [0.3, 0.4) is 0 Å². The second kappa shape index (κ2) is 6.66. The van der Waals surface area contributed by atoms with E-state index >= 15 is 0 Å². The normalized spacial score (nSPS) is 23.8. The molecule has 1 saturated carbocycles. The van der Waals surface area contributed by atoms with E-state index in [-0.39, 0.29) is 17.0 Å². The Morgan fingerprint density at radius 3 is 2.31 bits per heavy atom.